The van der Waals surface area contributed by atoms with Gasteiger partial charge in [0.2, 0.25) is 5.88 Å². The Kier molecular flexibility index (Phi) is 4.87. The Morgan fingerprint density at radius 2 is 2.00 bits per heavy atom. The van der Waals surface area contributed by atoms with Crippen molar-refractivity contribution in [2.45, 2.75) is 18.9 Å². The summed E-state index contributed by atoms with van der Waals surface area (Å²) in [6, 6.07) is 13.7. The lowest BCUT2D eigenvalue weighted by atomic mass is 10.1. The van der Waals surface area contributed by atoms with Crippen LogP contribution in [-0.4, -0.2) is 38.5 Å². The molecule has 1 aliphatic rings. The van der Waals surface area contributed by atoms with Gasteiger partial charge >= 0.3 is 0 Å². The smallest absolute Gasteiger partial charge is 0.232 e. The van der Waals surface area contributed by atoms with Crippen molar-refractivity contribution >= 4 is 17.2 Å². The van der Waals surface area contributed by atoms with Gasteiger partial charge in [-0.15, -0.1) is 0 Å². The maximum Gasteiger partial charge on any atom is 0.232 e. The van der Waals surface area contributed by atoms with Gasteiger partial charge in [0.05, 0.1) is 23.3 Å². The molecule has 1 aromatic carbocycles. The molecule has 0 bridgehead atoms. The molecule has 0 saturated carbocycles. The van der Waals surface area contributed by atoms with Gasteiger partial charge in [-0.25, -0.2) is 9.97 Å². The van der Waals surface area contributed by atoms with Crippen molar-refractivity contribution in [2.75, 3.05) is 13.1 Å². The number of aromatic nitrogens is 4. The van der Waals surface area contributed by atoms with Gasteiger partial charge in [0.25, 0.3) is 0 Å². The molecule has 29 heavy (non-hydrogen) atoms. The molecule has 0 radical (unpaired) electrons. The highest BCUT2D eigenvalue weighted by molar-refractivity contribution is 6.30. The van der Waals surface area contributed by atoms with Crippen molar-refractivity contribution in [3.05, 3.63) is 77.5 Å². The lowest BCUT2D eigenvalue weighted by Crippen LogP contribution is -2.20. The van der Waals surface area contributed by atoms with Crippen LogP contribution in [0.25, 0.3) is 16.9 Å². The predicted molar refractivity (Wildman–Crippen MR) is 112 cm³/mol. The third-order valence-corrected chi connectivity index (χ3v) is 5.31. The summed E-state index contributed by atoms with van der Waals surface area (Å²) in [4.78, 5) is 13.9. The quantitative estimate of drug-likeness (QED) is 0.547. The average molecular weight is 406 g/mol. The number of fused-ring (bicyclic) bond motifs is 1. The molecule has 1 saturated heterocycles. The molecule has 1 N–H and O–H groups in total. The van der Waals surface area contributed by atoms with Gasteiger partial charge in [-0.05, 0) is 37.2 Å². The highest BCUT2D eigenvalue weighted by Gasteiger charge is 2.18. The molecule has 1 unspecified atom stereocenters. The minimum absolute atomic E-state index is 0.153. The summed E-state index contributed by atoms with van der Waals surface area (Å²) in [6.45, 7) is 1.82. The van der Waals surface area contributed by atoms with E-state index in [1.165, 1.54) is 0 Å². The van der Waals surface area contributed by atoms with Crippen molar-refractivity contribution in [3.63, 3.8) is 0 Å². The summed E-state index contributed by atoms with van der Waals surface area (Å²) < 4.78 is 8.07. The average Bonchev–Trinajstić information content (AvgIpc) is 3.37. The third-order valence-electron chi connectivity index (χ3n) is 5.06. The lowest BCUT2D eigenvalue weighted by Gasteiger charge is -2.12. The number of hydrogen-bond donors (Lipinski definition) is 1. The first-order valence-electron chi connectivity index (χ1n) is 9.66. The monoisotopic (exact) mass is 405 g/mol. The van der Waals surface area contributed by atoms with Gasteiger partial charge in [0.15, 0.2) is 0 Å². The Labute approximate surface area is 173 Å². The number of nitrogens with zero attached hydrogens (tertiary/aromatic N) is 4. The molecule has 0 amide bonds. The first kappa shape index (κ1) is 18.1. The SMILES string of the molecule is Clc1ccc(-c2nc3ccccn3c2Cc2cncc(OC3CCNC3)n2)cc1. The number of benzene rings is 1. The van der Waals surface area contributed by atoms with Crippen LogP contribution in [0.15, 0.2) is 61.1 Å². The van der Waals surface area contributed by atoms with E-state index in [0.29, 0.717) is 17.3 Å². The Balaban J connectivity index is 1.51. The fourth-order valence-corrected chi connectivity index (χ4v) is 3.78. The van der Waals surface area contributed by atoms with E-state index in [9.17, 15) is 0 Å². The molecule has 1 atom stereocenters. The summed E-state index contributed by atoms with van der Waals surface area (Å²) in [7, 11) is 0. The first-order valence-corrected chi connectivity index (χ1v) is 10.0. The van der Waals surface area contributed by atoms with Gasteiger partial charge in [0, 0.05) is 35.9 Å². The summed E-state index contributed by atoms with van der Waals surface area (Å²) >= 11 is 6.07. The van der Waals surface area contributed by atoms with Crippen molar-refractivity contribution in [3.8, 4) is 17.1 Å². The van der Waals surface area contributed by atoms with Gasteiger partial charge < -0.3 is 14.5 Å². The molecule has 5 rings (SSSR count). The zero-order valence-corrected chi connectivity index (χ0v) is 16.5. The highest BCUT2D eigenvalue weighted by atomic mass is 35.5. The summed E-state index contributed by atoms with van der Waals surface area (Å²) in [5.41, 5.74) is 4.72. The number of imidazole rings is 1. The molecular formula is C22H20ClN5O. The third kappa shape index (κ3) is 3.81. The van der Waals surface area contributed by atoms with Crippen LogP contribution in [0.3, 0.4) is 0 Å². The van der Waals surface area contributed by atoms with E-state index in [-0.39, 0.29) is 6.10 Å². The minimum atomic E-state index is 0.153. The maximum atomic E-state index is 6.07. The fourth-order valence-electron chi connectivity index (χ4n) is 3.65. The predicted octanol–water partition coefficient (Wildman–Crippen LogP) is 3.78. The van der Waals surface area contributed by atoms with Crippen LogP contribution in [0.5, 0.6) is 5.88 Å². The summed E-state index contributed by atoms with van der Waals surface area (Å²) in [6.07, 6.45) is 7.22. The van der Waals surface area contributed by atoms with Gasteiger partial charge in [-0.1, -0.05) is 29.8 Å². The second kappa shape index (κ2) is 7.81. The Bertz CT molecular complexity index is 1140. The number of pyridine rings is 1. The van der Waals surface area contributed by atoms with Crippen LogP contribution in [-0.2, 0) is 6.42 Å². The number of ether oxygens (including phenoxy) is 1. The molecule has 4 aromatic rings. The maximum absolute atomic E-state index is 6.07. The van der Waals surface area contributed by atoms with E-state index in [1.807, 2.05) is 48.7 Å². The second-order valence-electron chi connectivity index (χ2n) is 7.10. The highest BCUT2D eigenvalue weighted by Crippen LogP contribution is 2.27. The fraction of sp³-hybridized carbons (Fsp3) is 0.227. The van der Waals surface area contributed by atoms with Crippen molar-refractivity contribution in [2.24, 2.45) is 0 Å². The van der Waals surface area contributed by atoms with E-state index >= 15 is 0 Å². The van der Waals surface area contributed by atoms with E-state index < -0.39 is 0 Å². The number of halogens is 1. The van der Waals surface area contributed by atoms with Crippen molar-refractivity contribution < 1.29 is 4.74 Å². The Hall–Kier alpha value is -2.96. The van der Waals surface area contributed by atoms with Crippen molar-refractivity contribution in [1.82, 2.24) is 24.7 Å². The van der Waals surface area contributed by atoms with E-state index in [1.54, 1.807) is 12.4 Å². The largest absolute Gasteiger partial charge is 0.472 e. The van der Waals surface area contributed by atoms with Crippen LogP contribution in [0.1, 0.15) is 17.8 Å². The second-order valence-corrected chi connectivity index (χ2v) is 7.54. The molecule has 6 nitrogen and oxygen atoms in total. The molecule has 0 aliphatic carbocycles. The zero-order chi connectivity index (χ0) is 19.6. The molecule has 3 aromatic heterocycles. The van der Waals surface area contributed by atoms with E-state index in [4.69, 9.17) is 26.3 Å². The molecule has 4 heterocycles. The Morgan fingerprint density at radius 1 is 1.10 bits per heavy atom. The number of hydrogen-bond acceptors (Lipinski definition) is 5. The molecule has 7 heteroatoms. The zero-order valence-electron chi connectivity index (χ0n) is 15.8. The van der Waals surface area contributed by atoms with Crippen LogP contribution >= 0.6 is 11.6 Å². The topological polar surface area (TPSA) is 64.3 Å². The summed E-state index contributed by atoms with van der Waals surface area (Å²) in [5.74, 6) is 0.568. The summed E-state index contributed by atoms with van der Waals surface area (Å²) in [5, 5.41) is 4.00. The molecule has 146 valence electrons. The molecule has 0 spiro atoms. The van der Waals surface area contributed by atoms with Gasteiger partial charge in [0.1, 0.15) is 11.8 Å². The first-order chi connectivity index (χ1) is 14.3. The molecule has 1 fully saturated rings. The van der Waals surface area contributed by atoms with Crippen molar-refractivity contribution in [1.29, 1.82) is 0 Å². The number of nitrogens with one attached hydrogen (secondary N) is 1. The van der Waals surface area contributed by atoms with E-state index in [2.05, 4.69) is 14.7 Å². The minimum Gasteiger partial charge on any atom is -0.472 e. The molecule has 1 aliphatic heterocycles. The van der Waals surface area contributed by atoms with Crippen LogP contribution in [0.4, 0.5) is 0 Å². The van der Waals surface area contributed by atoms with Crippen LogP contribution in [0.2, 0.25) is 5.02 Å². The number of rotatable bonds is 5. The lowest BCUT2D eigenvalue weighted by molar-refractivity contribution is 0.212. The standard InChI is InChI=1S/C22H20ClN5O/c23-16-6-4-15(5-7-16)22-19(28-10-2-1-3-20(28)27-22)11-17-12-25-14-21(26-17)29-18-8-9-24-13-18/h1-7,10,12,14,18,24H,8-9,11,13H2. The van der Waals surface area contributed by atoms with Gasteiger partial charge in [-0.3, -0.25) is 4.98 Å². The normalized spacial score (nSPS) is 16.4. The molecular weight excluding hydrogens is 386 g/mol. The van der Waals surface area contributed by atoms with Crippen LogP contribution in [0, 0.1) is 0 Å². The Morgan fingerprint density at radius 3 is 2.83 bits per heavy atom. The van der Waals surface area contributed by atoms with Crippen LogP contribution < -0.4 is 10.1 Å². The van der Waals surface area contributed by atoms with Gasteiger partial charge in [-0.2, -0.15) is 0 Å². The van der Waals surface area contributed by atoms with E-state index in [0.717, 1.165) is 47.8 Å².